The second kappa shape index (κ2) is 5.95. The molecule has 2 aliphatic rings. The Morgan fingerprint density at radius 3 is 2.64 bits per heavy atom. The Bertz CT molecular complexity index is 522. The van der Waals surface area contributed by atoms with Gasteiger partial charge in [0.15, 0.2) is 11.7 Å². The van der Waals surface area contributed by atoms with Gasteiger partial charge in [0.05, 0.1) is 20.6 Å². The lowest BCUT2D eigenvalue weighted by molar-refractivity contribution is -0.879. The van der Waals surface area contributed by atoms with Gasteiger partial charge in [0, 0.05) is 17.2 Å². The predicted molar refractivity (Wildman–Crippen MR) is 86.5 cm³/mol. The minimum atomic E-state index is -1.45. The normalized spacial score (nSPS) is 27.7. The van der Waals surface area contributed by atoms with Crippen LogP contribution in [0.25, 0.3) is 0 Å². The smallest absolute Gasteiger partial charge is 0.344 e. The van der Waals surface area contributed by atoms with E-state index in [1.54, 1.807) is 0 Å². The number of aliphatic hydroxyl groups is 1. The molecule has 0 radical (unpaired) electrons. The summed E-state index contributed by atoms with van der Waals surface area (Å²) in [4.78, 5) is 13.6. The van der Waals surface area contributed by atoms with Crippen molar-refractivity contribution in [3.8, 4) is 0 Å². The molecule has 4 nitrogen and oxygen atoms in total. The van der Waals surface area contributed by atoms with Crippen molar-refractivity contribution in [3.05, 3.63) is 22.4 Å². The van der Waals surface area contributed by atoms with Crippen molar-refractivity contribution in [2.75, 3.05) is 27.2 Å². The van der Waals surface area contributed by atoms with Gasteiger partial charge >= 0.3 is 5.97 Å². The summed E-state index contributed by atoms with van der Waals surface area (Å²) in [6, 6.07) is 3.75. The summed E-state index contributed by atoms with van der Waals surface area (Å²) < 4.78 is 6.62. The van der Waals surface area contributed by atoms with Gasteiger partial charge in [-0.2, -0.15) is 0 Å². The number of quaternary nitrogens is 1. The highest BCUT2D eigenvalue weighted by atomic mass is 32.1. The summed E-state index contributed by atoms with van der Waals surface area (Å²) in [5, 5.41) is 13.2. The number of carbonyl (C=O) groups is 1. The molecule has 3 rings (SSSR count). The number of likely N-dealkylation sites (tertiary alicyclic amines) is 1. The van der Waals surface area contributed by atoms with E-state index in [-0.39, 0.29) is 12.0 Å². The zero-order valence-electron chi connectivity index (χ0n) is 13.5. The Balaban J connectivity index is 1.79. The third kappa shape index (κ3) is 2.94. The van der Waals surface area contributed by atoms with Gasteiger partial charge in [0.1, 0.15) is 6.54 Å². The van der Waals surface area contributed by atoms with Crippen LogP contribution in [0.4, 0.5) is 0 Å². The average Bonchev–Trinajstić information content (AvgIpc) is 3.19. The lowest BCUT2D eigenvalue weighted by Crippen LogP contribution is -2.45. The molecular formula is C17H26NO3S+. The molecule has 1 saturated heterocycles. The highest BCUT2D eigenvalue weighted by Crippen LogP contribution is 2.43. The van der Waals surface area contributed by atoms with E-state index in [2.05, 4.69) is 14.1 Å². The third-order valence-corrected chi connectivity index (χ3v) is 6.18. The molecule has 1 aliphatic carbocycles. The van der Waals surface area contributed by atoms with Gasteiger partial charge in [-0.15, -0.1) is 11.3 Å². The van der Waals surface area contributed by atoms with Crippen LogP contribution in [0.2, 0.25) is 0 Å². The number of thiophene rings is 1. The van der Waals surface area contributed by atoms with Gasteiger partial charge in [0.2, 0.25) is 0 Å². The van der Waals surface area contributed by atoms with Gasteiger partial charge < -0.3 is 14.3 Å². The van der Waals surface area contributed by atoms with Crippen molar-refractivity contribution < 1.29 is 19.1 Å². The van der Waals surface area contributed by atoms with Gasteiger partial charge in [-0.05, 0) is 24.3 Å². The molecule has 2 heterocycles. The second-order valence-electron chi connectivity index (χ2n) is 7.38. The van der Waals surface area contributed by atoms with E-state index in [0.29, 0.717) is 0 Å². The fourth-order valence-electron chi connectivity index (χ4n) is 3.87. The molecule has 122 valence electrons. The summed E-state index contributed by atoms with van der Waals surface area (Å²) in [7, 11) is 4.30. The molecular weight excluding hydrogens is 298 g/mol. The zero-order chi connectivity index (χ0) is 15.8. The van der Waals surface area contributed by atoms with Gasteiger partial charge in [-0.3, -0.25) is 0 Å². The number of esters is 1. The number of rotatable bonds is 4. The topological polar surface area (TPSA) is 46.5 Å². The van der Waals surface area contributed by atoms with Crippen LogP contribution in [-0.2, 0) is 15.1 Å². The SMILES string of the molecule is C[N+]1(C)CC[C@@H](OC(=O)[C@](O)(c2cccs2)C2CCCC2)C1. The first-order chi connectivity index (χ1) is 10.4. The highest BCUT2D eigenvalue weighted by Gasteiger charge is 2.50. The van der Waals surface area contributed by atoms with E-state index in [1.807, 2.05) is 17.5 Å². The van der Waals surface area contributed by atoms with Crippen molar-refractivity contribution in [1.29, 1.82) is 0 Å². The van der Waals surface area contributed by atoms with Crippen LogP contribution < -0.4 is 0 Å². The fraction of sp³-hybridized carbons (Fsp3) is 0.706. The van der Waals surface area contributed by atoms with Crippen LogP contribution in [-0.4, -0.2) is 48.8 Å². The summed E-state index contributed by atoms with van der Waals surface area (Å²) in [6.07, 6.45) is 4.77. The lowest BCUT2D eigenvalue weighted by Gasteiger charge is -2.32. The maximum atomic E-state index is 12.8. The quantitative estimate of drug-likeness (QED) is 0.684. The lowest BCUT2D eigenvalue weighted by atomic mass is 9.84. The van der Waals surface area contributed by atoms with E-state index in [0.717, 1.165) is 54.6 Å². The summed E-state index contributed by atoms with van der Waals surface area (Å²) >= 11 is 1.45. The van der Waals surface area contributed by atoms with Crippen molar-refractivity contribution in [2.24, 2.45) is 5.92 Å². The van der Waals surface area contributed by atoms with E-state index < -0.39 is 11.6 Å². The Hall–Kier alpha value is -0.910. The minimum absolute atomic E-state index is 0.0115. The maximum absolute atomic E-state index is 12.8. The number of hydrogen-bond acceptors (Lipinski definition) is 4. The molecule has 2 fully saturated rings. The summed E-state index contributed by atoms with van der Waals surface area (Å²) in [6.45, 7) is 1.84. The van der Waals surface area contributed by atoms with Crippen LogP contribution >= 0.6 is 11.3 Å². The van der Waals surface area contributed by atoms with Crippen LogP contribution in [0.1, 0.15) is 37.0 Å². The summed E-state index contributed by atoms with van der Waals surface area (Å²) in [5.41, 5.74) is -1.45. The van der Waals surface area contributed by atoms with Crippen LogP contribution in [0.3, 0.4) is 0 Å². The average molecular weight is 324 g/mol. The van der Waals surface area contributed by atoms with E-state index in [4.69, 9.17) is 4.74 Å². The molecule has 0 amide bonds. The number of hydrogen-bond donors (Lipinski definition) is 1. The molecule has 1 aliphatic heterocycles. The molecule has 1 saturated carbocycles. The molecule has 0 unspecified atom stereocenters. The van der Waals surface area contributed by atoms with Gasteiger partial charge in [0.25, 0.3) is 0 Å². The number of carbonyl (C=O) groups excluding carboxylic acids is 1. The van der Waals surface area contributed by atoms with E-state index in [9.17, 15) is 9.90 Å². The molecule has 0 aromatic carbocycles. The minimum Gasteiger partial charge on any atom is -0.454 e. The molecule has 1 N–H and O–H groups in total. The Morgan fingerprint density at radius 1 is 1.36 bits per heavy atom. The van der Waals surface area contributed by atoms with Crippen LogP contribution in [0.15, 0.2) is 17.5 Å². The first kappa shape index (κ1) is 16.0. The molecule has 2 atom stereocenters. The van der Waals surface area contributed by atoms with Crippen molar-refractivity contribution in [2.45, 2.75) is 43.8 Å². The van der Waals surface area contributed by atoms with Gasteiger partial charge in [-0.25, -0.2) is 4.79 Å². The van der Waals surface area contributed by atoms with Crippen molar-refractivity contribution in [3.63, 3.8) is 0 Å². The van der Waals surface area contributed by atoms with Gasteiger partial charge in [-0.1, -0.05) is 18.9 Å². The standard InChI is InChI=1S/C17H26NO3S/c1-18(2)10-9-14(12-18)21-16(19)17(20,13-6-3-4-7-13)15-8-5-11-22-15/h5,8,11,13-14,20H,3-4,6-7,9-10,12H2,1-2H3/q+1/t14-,17-/m1/s1. The zero-order valence-corrected chi connectivity index (χ0v) is 14.3. The van der Waals surface area contributed by atoms with Crippen LogP contribution in [0.5, 0.6) is 0 Å². The fourth-order valence-corrected chi connectivity index (χ4v) is 4.76. The maximum Gasteiger partial charge on any atom is 0.344 e. The molecule has 22 heavy (non-hydrogen) atoms. The largest absolute Gasteiger partial charge is 0.454 e. The van der Waals surface area contributed by atoms with E-state index >= 15 is 0 Å². The Morgan fingerprint density at radius 2 is 2.09 bits per heavy atom. The summed E-state index contributed by atoms with van der Waals surface area (Å²) in [5.74, 6) is -0.448. The Labute approximate surface area is 136 Å². The predicted octanol–water partition coefficient (Wildman–Crippen LogP) is 2.52. The molecule has 0 bridgehead atoms. The highest BCUT2D eigenvalue weighted by molar-refractivity contribution is 7.10. The third-order valence-electron chi connectivity index (χ3n) is 5.18. The molecule has 1 aromatic heterocycles. The van der Waals surface area contributed by atoms with Crippen molar-refractivity contribution >= 4 is 17.3 Å². The number of nitrogens with zero attached hydrogens (tertiary/aromatic N) is 1. The first-order valence-corrected chi connectivity index (χ1v) is 9.09. The van der Waals surface area contributed by atoms with Crippen molar-refractivity contribution in [1.82, 2.24) is 0 Å². The Kier molecular flexibility index (Phi) is 4.32. The number of ether oxygens (including phenoxy) is 1. The second-order valence-corrected chi connectivity index (χ2v) is 8.33. The molecule has 5 heteroatoms. The molecule has 1 aromatic rings. The monoisotopic (exact) mass is 324 g/mol. The van der Waals surface area contributed by atoms with Crippen LogP contribution in [0, 0.1) is 5.92 Å². The first-order valence-electron chi connectivity index (χ1n) is 8.21. The molecule has 0 spiro atoms. The number of likely N-dealkylation sites (N-methyl/N-ethyl adjacent to an activating group) is 1. The van der Waals surface area contributed by atoms with E-state index in [1.165, 1.54) is 11.3 Å².